The Morgan fingerprint density at radius 2 is 1.44 bits per heavy atom. The van der Waals surface area contributed by atoms with Crippen molar-refractivity contribution in [3.63, 3.8) is 0 Å². The van der Waals surface area contributed by atoms with E-state index < -0.39 is 0 Å². The zero-order valence-corrected chi connectivity index (χ0v) is 5.33. The molecule has 1 heteroatoms. The number of hydrogen-bond donors (Lipinski definition) is 1. The summed E-state index contributed by atoms with van der Waals surface area (Å²) in [4.78, 5) is 0. The third-order valence-corrected chi connectivity index (χ3v) is 4.46. The molecule has 48 valence electrons. The summed E-state index contributed by atoms with van der Waals surface area (Å²) in [5.41, 5.74) is 6.03. The van der Waals surface area contributed by atoms with Gasteiger partial charge in [0.2, 0.25) is 0 Å². The fourth-order valence-electron chi connectivity index (χ4n) is 4.22. The molecule has 4 rings (SSSR count). The monoisotopic (exact) mass is 121 g/mol. The highest BCUT2D eigenvalue weighted by molar-refractivity contribution is 5.31. The van der Waals surface area contributed by atoms with Crippen molar-refractivity contribution in [2.45, 2.75) is 12.5 Å². The average molecular weight is 121 g/mol. The van der Waals surface area contributed by atoms with Crippen LogP contribution in [0, 0.1) is 35.5 Å². The second kappa shape index (κ2) is 0.800. The molecule has 0 bridgehead atoms. The van der Waals surface area contributed by atoms with E-state index in [4.69, 9.17) is 5.73 Å². The molecule has 0 aromatic heterocycles. The topological polar surface area (TPSA) is 26.0 Å². The molecule has 2 N–H and O–H groups in total. The SMILES string of the molecule is NC1C2C3CC4C1C4C32. The molecule has 0 aromatic rings. The predicted octanol–water partition coefficient (Wildman–Crippen LogP) is 0.455. The maximum atomic E-state index is 6.03. The van der Waals surface area contributed by atoms with E-state index in [1.807, 2.05) is 0 Å². The van der Waals surface area contributed by atoms with E-state index in [9.17, 15) is 0 Å². The Kier molecular flexibility index (Phi) is 0.353. The van der Waals surface area contributed by atoms with E-state index in [1.54, 1.807) is 6.42 Å². The van der Waals surface area contributed by atoms with Crippen LogP contribution in [0.5, 0.6) is 0 Å². The first-order valence-electron chi connectivity index (χ1n) is 4.15. The first-order chi connectivity index (χ1) is 4.39. The van der Waals surface area contributed by atoms with Gasteiger partial charge in [-0.3, -0.25) is 0 Å². The summed E-state index contributed by atoms with van der Waals surface area (Å²) in [7, 11) is 0. The standard InChI is InChI=1S/C8H11N/c9-8-6-2-1-3-5(4(2)6)7(3)8/h2-8H,1,9H2. The molecule has 0 heterocycles. The van der Waals surface area contributed by atoms with Crippen LogP contribution in [0.4, 0.5) is 0 Å². The van der Waals surface area contributed by atoms with E-state index in [0.29, 0.717) is 6.04 Å². The summed E-state index contributed by atoms with van der Waals surface area (Å²) >= 11 is 0. The van der Waals surface area contributed by atoms with Gasteiger partial charge in [0, 0.05) is 6.04 Å². The van der Waals surface area contributed by atoms with Crippen molar-refractivity contribution in [3.05, 3.63) is 0 Å². The molecule has 4 aliphatic carbocycles. The molecule has 0 radical (unpaired) electrons. The van der Waals surface area contributed by atoms with Crippen LogP contribution in [0.3, 0.4) is 0 Å². The zero-order valence-electron chi connectivity index (χ0n) is 5.33. The number of rotatable bonds is 0. The van der Waals surface area contributed by atoms with Crippen molar-refractivity contribution in [3.8, 4) is 0 Å². The molecule has 0 aromatic carbocycles. The lowest BCUT2D eigenvalue weighted by Crippen LogP contribution is -2.28. The highest BCUT2D eigenvalue weighted by Crippen LogP contribution is 2.83. The number of fused-ring (bicyclic) bond motifs is 2. The maximum absolute atomic E-state index is 6.03. The van der Waals surface area contributed by atoms with Gasteiger partial charge in [0.25, 0.3) is 0 Å². The van der Waals surface area contributed by atoms with Crippen LogP contribution in [-0.4, -0.2) is 6.04 Å². The van der Waals surface area contributed by atoms with Gasteiger partial charge in [-0.15, -0.1) is 0 Å². The Labute approximate surface area is 54.6 Å². The molecule has 0 amide bonds. The van der Waals surface area contributed by atoms with Crippen LogP contribution < -0.4 is 5.73 Å². The van der Waals surface area contributed by atoms with Gasteiger partial charge in [-0.2, -0.15) is 0 Å². The minimum absolute atomic E-state index is 0.656. The van der Waals surface area contributed by atoms with Crippen LogP contribution in [0.2, 0.25) is 0 Å². The van der Waals surface area contributed by atoms with Gasteiger partial charge in [-0.05, 0) is 41.9 Å². The first kappa shape index (κ1) is 3.97. The first-order valence-corrected chi connectivity index (χ1v) is 4.15. The highest BCUT2D eigenvalue weighted by Gasteiger charge is 2.82. The van der Waals surface area contributed by atoms with Crippen molar-refractivity contribution >= 4 is 0 Å². The predicted molar refractivity (Wildman–Crippen MR) is 33.5 cm³/mol. The van der Waals surface area contributed by atoms with E-state index in [0.717, 1.165) is 35.5 Å². The Bertz CT molecular complexity index is 153. The Morgan fingerprint density at radius 1 is 0.889 bits per heavy atom. The van der Waals surface area contributed by atoms with Crippen LogP contribution in [0.1, 0.15) is 6.42 Å². The van der Waals surface area contributed by atoms with Gasteiger partial charge in [0.1, 0.15) is 0 Å². The van der Waals surface area contributed by atoms with Gasteiger partial charge < -0.3 is 5.73 Å². The van der Waals surface area contributed by atoms with Gasteiger partial charge in [0.05, 0.1) is 0 Å². The van der Waals surface area contributed by atoms with Crippen molar-refractivity contribution in [1.29, 1.82) is 0 Å². The Balaban J connectivity index is 1.96. The number of nitrogens with two attached hydrogens (primary N) is 1. The summed E-state index contributed by atoms with van der Waals surface area (Å²) in [6.45, 7) is 0. The molecule has 0 saturated heterocycles. The second-order valence-corrected chi connectivity index (χ2v) is 4.45. The van der Waals surface area contributed by atoms with Crippen molar-refractivity contribution in [2.24, 2.45) is 41.2 Å². The fourth-order valence-corrected chi connectivity index (χ4v) is 4.22. The normalized spacial score (nSPS) is 87.0. The summed E-state index contributed by atoms with van der Waals surface area (Å²) < 4.78 is 0. The molecule has 9 heavy (non-hydrogen) atoms. The quantitative estimate of drug-likeness (QED) is 0.495. The van der Waals surface area contributed by atoms with Gasteiger partial charge in [0.15, 0.2) is 0 Å². The molecular formula is C8H11N. The van der Waals surface area contributed by atoms with Gasteiger partial charge in [-0.1, -0.05) is 0 Å². The minimum atomic E-state index is 0.656. The van der Waals surface area contributed by atoms with E-state index in [-0.39, 0.29) is 0 Å². The van der Waals surface area contributed by atoms with Crippen LogP contribution in [-0.2, 0) is 0 Å². The lowest BCUT2D eigenvalue weighted by Gasteiger charge is -2.14. The van der Waals surface area contributed by atoms with E-state index in [1.165, 1.54) is 0 Å². The van der Waals surface area contributed by atoms with Crippen molar-refractivity contribution in [2.75, 3.05) is 0 Å². The van der Waals surface area contributed by atoms with Crippen molar-refractivity contribution < 1.29 is 0 Å². The number of hydrogen-bond acceptors (Lipinski definition) is 1. The molecular weight excluding hydrogens is 110 g/mol. The van der Waals surface area contributed by atoms with Gasteiger partial charge in [-0.25, -0.2) is 0 Å². The average Bonchev–Trinajstić information content (AvgIpc) is 2.65. The molecule has 4 fully saturated rings. The fraction of sp³-hybridized carbons (Fsp3) is 1.00. The van der Waals surface area contributed by atoms with Crippen molar-refractivity contribution in [1.82, 2.24) is 0 Å². The van der Waals surface area contributed by atoms with E-state index in [2.05, 4.69) is 0 Å². The Morgan fingerprint density at radius 3 is 1.67 bits per heavy atom. The third-order valence-electron chi connectivity index (χ3n) is 4.46. The molecule has 6 atom stereocenters. The molecule has 0 spiro atoms. The summed E-state index contributed by atoms with van der Waals surface area (Å²) in [5, 5.41) is 0. The summed E-state index contributed by atoms with van der Waals surface area (Å²) in [6.07, 6.45) is 1.57. The Hall–Kier alpha value is -0.0400. The van der Waals surface area contributed by atoms with Crippen LogP contribution in [0.25, 0.3) is 0 Å². The lowest BCUT2D eigenvalue weighted by atomic mass is 9.96. The zero-order chi connectivity index (χ0) is 5.75. The largest absolute Gasteiger partial charge is 0.327 e. The third kappa shape index (κ3) is 0.219. The summed E-state index contributed by atoms with van der Waals surface area (Å²) in [5.74, 6) is 6.58. The van der Waals surface area contributed by atoms with Crippen LogP contribution >= 0.6 is 0 Å². The molecule has 4 aliphatic rings. The lowest BCUT2D eigenvalue weighted by molar-refractivity contribution is 0.398. The molecule has 6 unspecified atom stereocenters. The highest BCUT2D eigenvalue weighted by atomic mass is 14.9. The maximum Gasteiger partial charge on any atom is 0.0107 e. The van der Waals surface area contributed by atoms with Crippen LogP contribution in [0.15, 0.2) is 0 Å². The molecule has 0 aliphatic heterocycles. The van der Waals surface area contributed by atoms with Gasteiger partial charge >= 0.3 is 0 Å². The van der Waals surface area contributed by atoms with E-state index >= 15 is 0 Å². The second-order valence-electron chi connectivity index (χ2n) is 4.45. The smallest absolute Gasteiger partial charge is 0.0107 e. The summed E-state index contributed by atoms with van der Waals surface area (Å²) in [6, 6.07) is 0.656. The molecule has 4 saturated carbocycles. The molecule has 1 nitrogen and oxygen atoms in total. The minimum Gasteiger partial charge on any atom is -0.327 e.